The molecule has 0 aliphatic rings. The van der Waals surface area contributed by atoms with Gasteiger partial charge in [-0.3, -0.25) is 10.1 Å². The van der Waals surface area contributed by atoms with Crippen LogP contribution >= 0.6 is 11.6 Å². The van der Waals surface area contributed by atoms with Crippen LogP contribution in [0.2, 0.25) is 5.02 Å². The van der Waals surface area contributed by atoms with Gasteiger partial charge in [-0.05, 0) is 24.3 Å². The number of terminal acetylenes is 1. The lowest BCUT2D eigenvalue weighted by Gasteiger charge is -2.00. The molecule has 0 aliphatic carbocycles. The van der Waals surface area contributed by atoms with Crippen molar-refractivity contribution < 1.29 is 18.9 Å². The minimum atomic E-state index is -0.589. The van der Waals surface area contributed by atoms with Crippen LogP contribution in [0.5, 0.6) is 0 Å². The first-order valence-electron chi connectivity index (χ1n) is 6.33. The molecular formula is C16H10ClNO5. The van der Waals surface area contributed by atoms with E-state index in [0.717, 1.165) is 0 Å². The van der Waals surface area contributed by atoms with Gasteiger partial charge in [0, 0.05) is 23.8 Å². The highest BCUT2D eigenvalue weighted by Crippen LogP contribution is 2.32. The van der Waals surface area contributed by atoms with Crippen molar-refractivity contribution in [2.24, 2.45) is 0 Å². The van der Waals surface area contributed by atoms with Gasteiger partial charge in [-0.25, -0.2) is 4.79 Å². The second-order valence-electron chi connectivity index (χ2n) is 4.27. The van der Waals surface area contributed by atoms with Gasteiger partial charge >= 0.3 is 5.97 Å². The molecule has 1 aromatic heterocycles. The van der Waals surface area contributed by atoms with Crippen molar-refractivity contribution in [3.8, 4) is 23.7 Å². The molecule has 0 N–H and O–H groups in total. The molecule has 1 heterocycles. The minimum absolute atomic E-state index is 0.106. The van der Waals surface area contributed by atoms with Gasteiger partial charge in [0.15, 0.2) is 6.61 Å². The molecule has 116 valence electrons. The maximum atomic E-state index is 11.3. The molecule has 2 aromatic rings. The molecule has 0 bridgehead atoms. The third-order valence-electron chi connectivity index (χ3n) is 2.74. The molecular weight excluding hydrogens is 322 g/mol. The van der Waals surface area contributed by atoms with E-state index in [1.165, 1.54) is 30.4 Å². The molecule has 2 rings (SSSR count). The van der Waals surface area contributed by atoms with Gasteiger partial charge in [0.25, 0.3) is 5.69 Å². The number of nitro groups is 1. The van der Waals surface area contributed by atoms with E-state index in [4.69, 9.17) is 22.4 Å². The monoisotopic (exact) mass is 331 g/mol. The van der Waals surface area contributed by atoms with Gasteiger partial charge in [-0.1, -0.05) is 17.5 Å². The highest BCUT2D eigenvalue weighted by Gasteiger charge is 2.13. The Morgan fingerprint density at radius 1 is 1.43 bits per heavy atom. The number of rotatable bonds is 5. The van der Waals surface area contributed by atoms with Gasteiger partial charge in [0.1, 0.15) is 11.5 Å². The summed E-state index contributed by atoms with van der Waals surface area (Å²) in [6.07, 6.45) is 7.57. The molecule has 0 fully saturated rings. The second-order valence-corrected chi connectivity index (χ2v) is 4.68. The molecule has 0 amide bonds. The lowest BCUT2D eigenvalue weighted by Crippen LogP contribution is -1.99. The quantitative estimate of drug-likeness (QED) is 0.274. The summed E-state index contributed by atoms with van der Waals surface area (Å²) in [6.45, 7) is -0.106. The van der Waals surface area contributed by atoms with Crippen LogP contribution in [0.3, 0.4) is 0 Å². The van der Waals surface area contributed by atoms with E-state index in [1.807, 2.05) is 0 Å². The average molecular weight is 332 g/mol. The number of non-ortho nitro benzene ring substituents is 1. The fourth-order valence-electron chi connectivity index (χ4n) is 1.72. The molecule has 0 aliphatic heterocycles. The number of hydrogen-bond acceptors (Lipinski definition) is 5. The Labute approximate surface area is 136 Å². The largest absolute Gasteiger partial charge is 0.457 e. The number of carbonyl (C=O) groups is 1. The Bertz CT molecular complexity index is 816. The molecule has 23 heavy (non-hydrogen) atoms. The number of halogens is 1. The number of nitrogens with zero attached hydrogens (tertiary/aromatic N) is 1. The summed E-state index contributed by atoms with van der Waals surface area (Å²) in [4.78, 5) is 21.4. The normalized spacial score (nSPS) is 10.4. The van der Waals surface area contributed by atoms with E-state index in [9.17, 15) is 14.9 Å². The summed E-state index contributed by atoms with van der Waals surface area (Å²) < 4.78 is 10.2. The summed E-state index contributed by atoms with van der Waals surface area (Å²) in [6, 6.07) is 7.33. The van der Waals surface area contributed by atoms with Crippen molar-refractivity contribution in [3.63, 3.8) is 0 Å². The summed E-state index contributed by atoms with van der Waals surface area (Å²) in [5.74, 6) is 2.40. The molecule has 6 nitrogen and oxygen atoms in total. The molecule has 0 saturated heterocycles. The summed E-state index contributed by atoms with van der Waals surface area (Å²) in [5, 5.41) is 10.9. The van der Waals surface area contributed by atoms with Gasteiger partial charge in [-0.2, -0.15) is 0 Å². The van der Waals surface area contributed by atoms with Crippen molar-refractivity contribution in [1.29, 1.82) is 0 Å². The maximum Gasteiger partial charge on any atom is 0.331 e. The number of esters is 1. The first kappa shape index (κ1) is 16.3. The van der Waals surface area contributed by atoms with Crippen molar-refractivity contribution in [3.05, 3.63) is 57.3 Å². The SMILES string of the molecule is C#CCOC(=O)/C=C/c1ccc(-c2ccc([N+](=O)[O-])cc2Cl)o1. The van der Waals surface area contributed by atoms with E-state index in [2.05, 4.69) is 10.7 Å². The third-order valence-corrected chi connectivity index (χ3v) is 3.05. The molecule has 0 unspecified atom stereocenters. The molecule has 0 spiro atoms. The number of ether oxygens (including phenoxy) is 1. The summed E-state index contributed by atoms with van der Waals surface area (Å²) >= 11 is 6.03. The predicted octanol–water partition coefficient (Wildman–Crippen LogP) is 3.70. The van der Waals surface area contributed by atoms with E-state index in [1.54, 1.807) is 12.1 Å². The first-order chi connectivity index (χ1) is 11.0. The highest BCUT2D eigenvalue weighted by atomic mass is 35.5. The molecule has 1 aromatic carbocycles. The van der Waals surface area contributed by atoms with Crippen LogP contribution in [0.15, 0.2) is 40.8 Å². The van der Waals surface area contributed by atoms with E-state index in [0.29, 0.717) is 17.1 Å². The van der Waals surface area contributed by atoms with Gasteiger partial charge < -0.3 is 9.15 Å². The van der Waals surface area contributed by atoms with Crippen molar-refractivity contribution in [2.45, 2.75) is 0 Å². The summed E-state index contributed by atoms with van der Waals surface area (Å²) in [7, 11) is 0. The fraction of sp³-hybridized carbons (Fsp3) is 0.0625. The van der Waals surface area contributed by atoms with E-state index < -0.39 is 10.9 Å². The van der Waals surface area contributed by atoms with Crippen molar-refractivity contribution in [2.75, 3.05) is 6.61 Å². The van der Waals surface area contributed by atoms with Crippen LogP contribution in [-0.4, -0.2) is 17.5 Å². The van der Waals surface area contributed by atoms with Crippen LogP contribution < -0.4 is 0 Å². The molecule has 0 saturated carbocycles. The third kappa shape index (κ3) is 4.22. The summed E-state index contributed by atoms with van der Waals surface area (Å²) in [5.41, 5.74) is 0.397. The Kier molecular flexibility index (Phi) is 5.18. The van der Waals surface area contributed by atoms with Crippen LogP contribution in [0, 0.1) is 22.5 Å². The minimum Gasteiger partial charge on any atom is -0.457 e. The Morgan fingerprint density at radius 3 is 2.87 bits per heavy atom. The van der Waals surface area contributed by atoms with Crippen LogP contribution in [0.25, 0.3) is 17.4 Å². The molecule has 0 atom stereocenters. The predicted molar refractivity (Wildman–Crippen MR) is 84.6 cm³/mol. The molecule has 0 radical (unpaired) electrons. The van der Waals surface area contributed by atoms with Crippen LogP contribution in [-0.2, 0) is 9.53 Å². The molecule has 7 heteroatoms. The lowest BCUT2D eigenvalue weighted by molar-refractivity contribution is -0.384. The first-order valence-corrected chi connectivity index (χ1v) is 6.71. The van der Waals surface area contributed by atoms with Crippen molar-refractivity contribution in [1.82, 2.24) is 0 Å². The van der Waals surface area contributed by atoms with Crippen molar-refractivity contribution >= 4 is 29.3 Å². The number of benzene rings is 1. The van der Waals surface area contributed by atoms with E-state index in [-0.39, 0.29) is 17.3 Å². The number of nitro benzene ring substituents is 1. The van der Waals surface area contributed by atoms with Gasteiger partial charge in [0.05, 0.1) is 9.95 Å². The van der Waals surface area contributed by atoms with E-state index >= 15 is 0 Å². The average Bonchev–Trinajstić information content (AvgIpc) is 2.99. The van der Waals surface area contributed by atoms with Gasteiger partial charge in [-0.15, -0.1) is 6.42 Å². The second kappa shape index (κ2) is 7.29. The number of furan rings is 1. The smallest absolute Gasteiger partial charge is 0.331 e. The van der Waals surface area contributed by atoms with Gasteiger partial charge in [0.2, 0.25) is 0 Å². The number of carbonyl (C=O) groups excluding carboxylic acids is 1. The highest BCUT2D eigenvalue weighted by molar-refractivity contribution is 6.33. The zero-order valence-corrected chi connectivity index (χ0v) is 12.4. The maximum absolute atomic E-state index is 11.3. The zero-order valence-electron chi connectivity index (χ0n) is 11.7. The number of hydrogen-bond donors (Lipinski definition) is 0. The van der Waals surface area contributed by atoms with Crippen LogP contribution in [0.1, 0.15) is 5.76 Å². The zero-order chi connectivity index (χ0) is 16.8. The Hall–Kier alpha value is -3.04. The lowest BCUT2D eigenvalue weighted by atomic mass is 10.1. The Morgan fingerprint density at radius 2 is 2.22 bits per heavy atom. The Balaban J connectivity index is 2.16. The fourth-order valence-corrected chi connectivity index (χ4v) is 1.98. The van der Waals surface area contributed by atoms with Crippen LogP contribution in [0.4, 0.5) is 5.69 Å². The standard InChI is InChI=1S/C16H10ClNO5/c1-2-9-22-16(19)8-5-12-4-7-15(23-12)13-6-3-11(18(20)21)10-14(13)17/h1,3-8,10H,9H2/b8-5+. The topological polar surface area (TPSA) is 82.6 Å².